The molecule has 0 saturated carbocycles. The summed E-state index contributed by atoms with van der Waals surface area (Å²) in [5, 5.41) is 3.30. The molecule has 0 spiro atoms. The molecule has 0 heterocycles. The summed E-state index contributed by atoms with van der Waals surface area (Å²) in [7, 11) is -2.45. The summed E-state index contributed by atoms with van der Waals surface area (Å²) in [6.45, 7) is 0. The van der Waals surface area contributed by atoms with Crippen molar-refractivity contribution < 1.29 is 8.78 Å². The molecule has 150 valence electrons. The fraction of sp³-hybridized carbons (Fsp3) is 0. The Morgan fingerprint density at radius 3 is 1.27 bits per heavy atom. The second-order valence-corrected chi connectivity index (χ2v) is 13.3. The van der Waals surface area contributed by atoms with Gasteiger partial charge in [-0.05, 0) is 34.9 Å². The predicted molar refractivity (Wildman–Crippen MR) is 134 cm³/mol. The first-order chi connectivity index (χ1) is 14.7. The average Bonchev–Trinajstić information content (AvgIpc) is 2.78. The summed E-state index contributed by atoms with van der Waals surface area (Å²) < 4.78 is 32.1. The Morgan fingerprint density at radius 2 is 0.867 bits per heavy atom. The molecule has 4 aromatic rings. The zero-order valence-electron chi connectivity index (χ0n) is 15.9. The van der Waals surface area contributed by atoms with Crippen LogP contribution in [0.15, 0.2) is 109 Å². The van der Waals surface area contributed by atoms with E-state index < -0.39 is 16.1 Å². The van der Waals surface area contributed by atoms with Gasteiger partial charge in [-0.1, -0.05) is 84.9 Å². The van der Waals surface area contributed by atoms with Gasteiger partial charge in [-0.25, -0.2) is 8.78 Å². The highest BCUT2D eigenvalue weighted by Crippen LogP contribution is 2.57. The lowest BCUT2D eigenvalue weighted by molar-refractivity contribution is 0.634. The van der Waals surface area contributed by atoms with E-state index in [9.17, 15) is 8.78 Å². The molecule has 0 atom stereocenters. The van der Waals surface area contributed by atoms with Crippen LogP contribution in [-0.2, 0) is 0 Å². The molecule has 4 rings (SSSR count). The SMILES string of the molecule is Fc1ccccc1P(c1ccccc1F)N(I)P(c1ccccc1)c1ccccc1. The molecule has 0 aliphatic rings. The third kappa shape index (κ3) is 4.63. The van der Waals surface area contributed by atoms with Crippen molar-refractivity contribution in [2.24, 2.45) is 0 Å². The lowest BCUT2D eigenvalue weighted by Gasteiger charge is -2.34. The summed E-state index contributed by atoms with van der Waals surface area (Å²) >= 11 is 2.27. The van der Waals surface area contributed by atoms with Gasteiger partial charge in [-0.3, -0.25) is 0 Å². The minimum Gasteiger partial charge on any atom is -0.206 e. The van der Waals surface area contributed by atoms with E-state index in [1.165, 1.54) is 12.1 Å². The molecule has 0 saturated heterocycles. The maximum atomic E-state index is 15.0. The molecule has 1 nitrogen and oxygen atoms in total. The summed E-state index contributed by atoms with van der Waals surface area (Å²) in [6.07, 6.45) is 0. The highest BCUT2D eigenvalue weighted by atomic mass is 127. The predicted octanol–water partition coefficient (Wildman–Crippen LogP) is 6.01. The summed E-state index contributed by atoms with van der Waals surface area (Å²) in [4.78, 5) is 0. The Balaban J connectivity index is 1.90. The molecular weight excluding hydrogens is 529 g/mol. The van der Waals surface area contributed by atoms with Crippen LogP contribution in [0, 0.1) is 11.6 Å². The van der Waals surface area contributed by atoms with E-state index in [4.69, 9.17) is 0 Å². The van der Waals surface area contributed by atoms with Gasteiger partial charge in [0.2, 0.25) is 0 Å². The molecule has 0 N–H and O–H groups in total. The second-order valence-electron chi connectivity index (χ2n) is 6.44. The lowest BCUT2D eigenvalue weighted by Crippen LogP contribution is -2.28. The Hall–Kier alpha value is -1.71. The van der Waals surface area contributed by atoms with Crippen LogP contribution in [0.5, 0.6) is 0 Å². The van der Waals surface area contributed by atoms with Crippen molar-refractivity contribution in [1.82, 2.24) is 2.65 Å². The molecule has 30 heavy (non-hydrogen) atoms. The van der Waals surface area contributed by atoms with E-state index in [0.29, 0.717) is 10.6 Å². The van der Waals surface area contributed by atoms with Crippen LogP contribution < -0.4 is 21.2 Å². The quantitative estimate of drug-likeness (QED) is 0.162. The van der Waals surface area contributed by atoms with Gasteiger partial charge < -0.3 is 0 Å². The Morgan fingerprint density at radius 1 is 0.500 bits per heavy atom. The number of hydrogen-bond acceptors (Lipinski definition) is 1. The highest BCUT2D eigenvalue weighted by Gasteiger charge is 2.32. The first-order valence-electron chi connectivity index (χ1n) is 9.32. The molecule has 0 aromatic heterocycles. The minimum atomic E-state index is -1.44. The van der Waals surface area contributed by atoms with Gasteiger partial charge in [0, 0.05) is 49.6 Å². The summed E-state index contributed by atoms with van der Waals surface area (Å²) in [6, 6.07) is 33.7. The van der Waals surface area contributed by atoms with Gasteiger partial charge in [-0.2, -0.15) is 2.65 Å². The first-order valence-corrected chi connectivity index (χ1v) is 12.9. The molecule has 4 aromatic carbocycles. The highest BCUT2D eigenvalue weighted by molar-refractivity contribution is 14.1. The Labute approximate surface area is 191 Å². The first kappa shape index (κ1) is 21.5. The Kier molecular flexibility index (Phi) is 7.22. The molecule has 0 bridgehead atoms. The standard InChI is InChI=1S/C24H18F2INP2/c25-21-15-7-9-17-23(21)30(24-18-10-8-16-22(24)26)28(27)29(19-11-3-1-4-12-19)20-13-5-2-6-14-20/h1-18H. The van der Waals surface area contributed by atoms with Crippen molar-refractivity contribution in [2.45, 2.75) is 0 Å². The van der Waals surface area contributed by atoms with Crippen molar-refractivity contribution in [2.75, 3.05) is 0 Å². The molecule has 0 unspecified atom stereocenters. The van der Waals surface area contributed by atoms with E-state index in [2.05, 4.69) is 49.8 Å². The van der Waals surface area contributed by atoms with Crippen LogP contribution in [0.2, 0.25) is 0 Å². The maximum absolute atomic E-state index is 15.0. The summed E-state index contributed by atoms with van der Waals surface area (Å²) in [5.41, 5.74) is 0. The fourth-order valence-electron chi connectivity index (χ4n) is 3.12. The van der Waals surface area contributed by atoms with Crippen molar-refractivity contribution in [3.05, 3.63) is 121 Å². The van der Waals surface area contributed by atoms with Crippen LogP contribution in [0.4, 0.5) is 8.78 Å². The number of halogens is 3. The third-order valence-corrected chi connectivity index (χ3v) is 12.0. The van der Waals surface area contributed by atoms with Crippen molar-refractivity contribution in [3.8, 4) is 0 Å². The zero-order valence-corrected chi connectivity index (χ0v) is 19.8. The number of nitrogens with zero attached hydrogens (tertiary/aromatic N) is 1. The van der Waals surface area contributed by atoms with Crippen molar-refractivity contribution >= 4 is 60.2 Å². The van der Waals surface area contributed by atoms with Crippen molar-refractivity contribution in [3.63, 3.8) is 0 Å². The molecule has 0 fully saturated rings. The smallest absolute Gasteiger partial charge is 0.132 e. The number of rotatable bonds is 6. The Bertz CT molecular complexity index is 1030. The second kappa shape index (κ2) is 10.1. The molecule has 0 radical (unpaired) electrons. The van der Waals surface area contributed by atoms with Gasteiger partial charge in [-0.15, -0.1) is 0 Å². The molecule has 6 heteroatoms. The van der Waals surface area contributed by atoms with Crippen molar-refractivity contribution in [1.29, 1.82) is 0 Å². The van der Waals surface area contributed by atoms with Crippen LogP contribution >= 0.6 is 39.0 Å². The molecular formula is C24H18F2INP2. The van der Waals surface area contributed by atoms with Gasteiger partial charge in [0.15, 0.2) is 0 Å². The van der Waals surface area contributed by atoms with Gasteiger partial charge in [0.05, 0.1) is 0 Å². The third-order valence-electron chi connectivity index (χ3n) is 4.49. The number of benzene rings is 4. The minimum absolute atomic E-state index is 0.315. The van der Waals surface area contributed by atoms with E-state index in [1.54, 1.807) is 24.3 Å². The lowest BCUT2D eigenvalue weighted by atomic mass is 10.3. The monoisotopic (exact) mass is 547 g/mol. The van der Waals surface area contributed by atoms with Crippen LogP contribution in [0.25, 0.3) is 0 Å². The van der Waals surface area contributed by atoms with E-state index >= 15 is 0 Å². The summed E-state index contributed by atoms with van der Waals surface area (Å²) in [5.74, 6) is -0.630. The molecule has 0 aliphatic carbocycles. The normalized spacial score (nSPS) is 11.4. The molecule has 0 aliphatic heterocycles. The average molecular weight is 547 g/mol. The fourth-order valence-corrected chi connectivity index (χ4v) is 11.1. The van der Waals surface area contributed by atoms with Crippen LogP contribution in [0.1, 0.15) is 0 Å². The number of hydrogen-bond donors (Lipinski definition) is 0. The van der Waals surface area contributed by atoms with Crippen LogP contribution in [0.3, 0.4) is 0 Å². The van der Waals surface area contributed by atoms with E-state index in [1.807, 2.05) is 48.5 Å². The van der Waals surface area contributed by atoms with E-state index in [-0.39, 0.29) is 11.6 Å². The maximum Gasteiger partial charge on any atom is 0.132 e. The molecule has 0 amide bonds. The van der Waals surface area contributed by atoms with Gasteiger partial charge in [0.25, 0.3) is 0 Å². The van der Waals surface area contributed by atoms with Gasteiger partial charge >= 0.3 is 0 Å². The zero-order chi connectivity index (χ0) is 20.9. The van der Waals surface area contributed by atoms with Gasteiger partial charge in [0.1, 0.15) is 11.6 Å². The van der Waals surface area contributed by atoms with Crippen LogP contribution in [-0.4, -0.2) is 2.65 Å². The topological polar surface area (TPSA) is 3.24 Å². The largest absolute Gasteiger partial charge is 0.206 e. The van der Waals surface area contributed by atoms with E-state index in [0.717, 1.165) is 10.6 Å².